The summed E-state index contributed by atoms with van der Waals surface area (Å²) in [5, 5.41) is -0.325. The molecule has 3 nitrogen and oxygen atoms in total. The second-order valence-corrected chi connectivity index (χ2v) is 11.2. The minimum absolute atomic E-state index is 0.325. The fourth-order valence-corrected chi connectivity index (χ4v) is 5.49. The molecule has 0 rings (SSSR count). The highest BCUT2D eigenvalue weighted by atomic mass is 31.2. The Kier molecular flexibility index (Phi) is 3.40. The first-order chi connectivity index (χ1) is 4.96. The molecule has 0 aliphatic heterocycles. The largest absolute Gasteiger partial charge is 0.307 e. The molecule has 5 heteroatoms. The molecule has 0 bridgehead atoms. The van der Waals surface area contributed by atoms with Crippen LogP contribution in [0.25, 0.3) is 0 Å². The fraction of sp³-hybridized carbons (Fsp3) is 1.00. The first-order valence-corrected chi connectivity index (χ1v) is 8.63. The SMILES string of the molecule is CC(C)(C)P(C)(=O)NP(C)(C)=O. The molecule has 0 fully saturated rings. The van der Waals surface area contributed by atoms with Crippen LogP contribution in [-0.2, 0) is 9.13 Å². The van der Waals surface area contributed by atoms with Crippen LogP contribution in [0.3, 0.4) is 0 Å². The summed E-state index contributed by atoms with van der Waals surface area (Å²) in [5.74, 6) is 0. The Morgan fingerprint density at radius 3 is 1.42 bits per heavy atom. The first-order valence-electron chi connectivity index (χ1n) is 3.88. The van der Waals surface area contributed by atoms with Crippen LogP contribution in [0.15, 0.2) is 0 Å². The highest BCUT2D eigenvalue weighted by Crippen LogP contribution is 2.57. The first kappa shape index (κ1) is 12.4. The van der Waals surface area contributed by atoms with Crippen molar-refractivity contribution in [2.75, 3.05) is 20.0 Å². The average molecular weight is 211 g/mol. The highest BCUT2D eigenvalue weighted by Gasteiger charge is 2.34. The van der Waals surface area contributed by atoms with Crippen molar-refractivity contribution in [3.05, 3.63) is 0 Å². The van der Waals surface area contributed by atoms with E-state index in [0.717, 1.165) is 0 Å². The van der Waals surface area contributed by atoms with Gasteiger partial charge in [0.05, 0.1) is 0 Å². The van der Waals surface area contributed by atoms with E-state index in [1.165, 1.54) is 0 Å². The molecule has 0 saturated carbocycles. The Hall–Kier alpha value is 0.420. The molecule has 74 valence electrons. The Balaban J connectivity index is 4.69. The van der Waals surface area contributed by atoms with Crippen LogP contribution in [0.5, 0.6) is 0 Å². The fourth-order valence-electron chi connectivity index (χ4n) is 0.610. The molecule has 0 saturated heterocycles. The monoisotopic (exact) mass is 211 g/mol. The summed E-state index contributed by atoms with van der Waals surface area (Å²) in [4.78, 5) is 2.75. The van der Waals surface area contributed by atoms with E-state index in [9.17, 15) is 9.13 Å². The minimum Gasteiger partial charge on any atom is -0.307 e. The summed E-state index contributed by atoms with van der Waals surface area (Å²) in [6.45, 7) is 10.5. The zero-order valence-corrected chi connectivity index (χ0v) is 10.5. The molecule has 0 aliphatic rings. The number of rotatable bonds is 2. The van der Waals surface area contributed by atoms with Crippen molar-refractivity contribution < 1.29 is 9.13 Å². The summed E-state index contributed by atoms with van der Waals surface area (Å²) >= 11 is 0. The van der Waals surface area contributed by atoms with Gasteiger partial charge in [0.1, 0.15) is 7.29 Å². The van der Waals surface area contributed by atoms with Gasteiger partial charge in [0.15, 0.2) is 7.29 Å². The van der Waals surface area contributed by atoms with Crippen molar-refractivity contribution in [3.63, 3.8) is 0 Å². The van der Waals surface area contributed by atoms with Gasteiger partial charge in [-0.25, -0.2) is 4.86 Å². The molecule has 0 radical (unpaired) electrons. The molecule has 0 aromatic rings. The summed E-state index contributed by atoms with van der Waals surface area (Å²) in [5.41, 5.74) is 0. The molecule has 0 aromatic heterocycles. The molecule has 12 heavy (non-hydrogen) atoms. The van der Waals surface area contributed by atoms with Crippen molar-refractivity contribution in [2.24, 2.45) is 0 Å². The molecule has 0 aromatic carbocycles. The third-order valence-corrected chi connectivity index (χ3v) is 7.73. The van der Waals surface area contributed by atoms with Gasteiger partial charge in [-0.05, 0) is 0 Å². The van der Waals surface area contributed by atoms with Gasteiger partial charge in [0.2, 0.25) is 0 Å². The second-order valence-electron chi connectivity index (χ2n) is 4.55. The van der Waals surface area contributed by atoms with E-state index in [1.807, 2.05) is 20.8 Å². The third kappa shape index (κ3) is 3.89. The summed E-state index contributed by atoms with van der Waals surface area (Å²) in [6.07, 6.45) is 0. The highest BCUT2D eigenvalue weighted by molar-refractivity contribution is 7.76. The van der Waals surface area contributed by atoms with Crippen LogP contribution in [0.1, 0.15) is 20.8 Å². The maximum Gasteiger partial charge on any atom is 0.155 e. The Morgan fingerprint density at radius 1 is 1.00 bits per heavy atom. The molecule has 0 spiro atoms. The van der Waals surface area contributed by atoms with E-state index in [2.05, 4.69) is 4.86 Å². The second kappa shape index (κ2) is 3.29. The maximum atomic E-state index is 12.0. The normalized spacial score (nSPS) is 18.8. The lowest BCUT2D eigenvalue weighted by Crippen LogP contribution is -2.22. The standard InChI is InChI=1S/C7H19NO2P2/c1-7(2,3)12(6,10)8-11(4,5)9/h1-6H3,(H,8,9,10). The van der Waals surface area contributed by atoms with Crippen LogP contribution in [0, 0.1) is 0 Å². The van der Waals surface area contributed by atoms with Crippen molar-refractivity contribution in [1.29, 1.82) is 0 Å². The summed E-state index contributed by atoms with van der Waals surface area (Å²) < 4.78 is 23.4. The summed E-state index contributed by atoms with van der Waals surface area (Å²) in [6, 6.07) is 0. The van der Waals surface area contributed by atoms with Gasteiger partial charge in [-0.15, -0.1) is 0 Å². The number of hydrogen-bond acceptors (Lipinski definition) is 2. The molecule has 0 amide bonds. The lowest BCUT2D eigenvalue weighted by Gasteiger charge is -2.30. The maximum absolute atomic E-state index is 12.0. The zero-order valence-electron chi connectivity index (χ0n) is 8.71. The molecule has 1 N–H and O–H groups in total. The smallest absolute Gasteiger partial charge is 0.155 e. The van der Waals surface area contributed by atoms with Crippen LogP contribution in [0.4, 0.5) is 0 Å². The van der Waals surface area contributed by atoms with E-state index in [0.29, 0.717) is 0 Å². The summed E-state index contributed by atoms with van der Waals surface area (Å²) in [7, 11) is -4.91. The molecular weight excluding hydrogens is 192 g/mol. The molecular formula is C7H19NO2P2. The van der Waals surface area contributed by atoms with Gasteiger partial charge in [0, 0.05) is 25.2 Å². The molecule has 0 aliphatic carbocycles. The van der Waals surface area contributed by atoms with E-state index < -0.39 is 14.6 Å². The lowest BCUT2D eigenvalue weighted by atomic mass is 10.3. The Bertz CT molecular complexity index is 249. The van der Waals surface area contributed by atoms with Gasteiger partial charge in [-0.2, -0.15) is 0 Å². The van der Waals surface area contributed by atoms with Crippen LogP contribution >= 0.6 is 14.6 Å². The van der Waals surface area contributed by atoms with Gasteiger partial charge in [-0.3, -0.25) is 0 Å². The van der Waals surface area contributed by atoms with E-state index in [4.69, 9.17) is 0 Å². The van der Waals surface area contributed by atoms with Gasteiger partial charge in [-0.1, -0.05) is 20.8 Å². The van der Waals surface area contributed by atoms with E-state index >= 15 is 0 Å². The molecule has 1 atom stereocenters. The predicted molar refractivity (Wildman–Crippen MR) is 55.9 cm³/mol. The number of nitrogens with one attached hydrogen (secondary N) is 1. The van der Waals surface area contributed by atoms with Crippen LogP contribution in [0.2, 0.25) is 0 Å². The van der Waals surface area contributed by atoms with Crippen molar-refractivity contribution in [1.82, 2.24) is 4.86 Å². The van der Waals surface area contributed by atoms with Crippen LogP contribution < -0.4 is 4.86 Å². The third-order valence-electron chi connectivity index (χ3n) is 1.71. The van der Waals surface area contributed by atoms with Crippen molar-refractivity contribution in [2.45, 2.75) is 25.9 Å². The topological polar surface area (TPSA) is 46.2 Å². The minimum atomic E-state index is -2.51. The zero-order chi connectivity index (χ0) is 10.2. The Labute approximate surface area is 75.2 Å². The molecule has 1 unspecified atom stereocenters. The van der Waals surface area contributed by atoms with Crippen LogP contribution in [-0.4, -0.2) is 25.2 Å². The van der Waals surface area contributed by atoms with Gasteiger partial charge >= 0.3 is 0 Å². The quantitative estimate of drug-likeness (QED) is 0.714. The Morgan fingerprint density at radius 2 is 1.33 bits per heavy atom. The average Bonchev–Trinajstić information content (AvgIpc) is 1.52. The lowest BCUT2D eigenvalue weighted by molar-refractivity contribution is 0.545. The number of hydrogen-bond donors (Lipinski definition) is 1. The van der Waals surface area contributed by atoms with Crippen molar-refractivity contribution >= 4 is 14.6 Å². The predicted octanol–water partition coefficient (Wildman–Crippen LogP) is 2.82. The van der Waals surface area contributed by atoms with Crippen molar-refractivity contribution in [3.8, 4) is 0 Å². The van der Waals surface area contributed by atoms with E-state index in [-0.39, 0.29) is 5.16 Å². The molecule has 0 heterocycles. The van der Waals surface area contributed by atoms with E-state index in [1.54, 1.807) is 20.0 Å². The van der Waals surface area contributed by atoms with Gasteiger partial charge in [0.25, 0.3) is 0 Å². The van der Waals surface area contributed by atoms with Gasteiger partial charge < -0.3 is 9.13 Å².